The minimum absolute atomic E-state index is 0. The molecular weight excluding hydrogens is 829 g/mol. The Bertz CT molecular complexity index is 1270. The molecule has 9 nitrogen and oxygen atoms in total. The van der Waals surface area contributed by atoms with E-state index in [4.69, 9.17) is 0 Å². The smallest absolute Gasteiger partial charge is 0.558 e. The van der Waals surface area contributed by atoms with Crippen molar-refractivity contribution in [2.45, 2.75) is 175 Å². The van der Waals surface area contributed by atoms with Crippen LogP contribution in [0.2, 0.25) is 0 Å². The molecule has 3 atom stereocenters. The van der Waals surface area contributed by atoms with Crippen molar-refractivity contribution in [3.8, 4) is 17.2 Å². The molecule has 0 aromatic heterocycles. The number of unbranched alkanes of at least 4 members (excludes halogenated alkanes) is 18. The van der Waals surface area contributed by atoms with Crippen LogP contribution in [0.3, 0.4) is 0 Å². The first-order valence-corrected chi connectivity index (χ1v) is 24.7. The summed E-state index contributed by atoms with van der Waals surface area (Å²) in [6.07, 6.45) is 30.6. The van der Waals surface area contributed by atoms with E-state index >= 15 is 0 Å². The van der Waals surface area contributed by atoms with E-state index in [0.29, 0.717) is 17.2 Å². The third kappa shape index (κ3) is 33.6. The molecule has 321 valence electrons. The van der Waals surface area contributed by atoms with Crippen LogP contribution in [-0.2, 0) is 50.3 Å². The monoisotopic (exact) mass is 898 g/mol. The van der Waals surface area contributed by atoms with Gasteiger partial charge in [-0.1, -0.05) is 173 Å². The molecule has 3 aromatic carbocycles. The Morgan fingerprint density at radius 2 is 0.534 bits per heavy atom. The molecule has 0 heterocycles. The summed E-state index contributed by atoms with van der Waals surface area (Å²) in [6, 6.07) is 21.9. The number of benzene rings is 3. The molecule has 3 rings (SSSR count). The van der Waals surface area contributed by atoms with Crippen LogP contribution in [-0.4, -0.2) is 0 Å². The van der Waals surface area contributed by atoms with E-state index in [9.17, 15) is 28.4 Å². The Balaban J connectivity index is 0.000000833. The minimum Gasteiger partial charge on any atom is -0.558 e. The van der Waals surface area contributed by atoms with Crippen LogP contribution in [0.1, 0.15) is 172 Å². The SMILES string of the molecule is CCCCCCCCCc1ccc(O[P+](=O)[O-])cc1.CCCCCCCCCc1ccc(O[P+](=O)[O-])cc1.CCCCCCCCCc1ccc(O[P+](=O)[O-])cc1.[Cr+3]. The fraction of sp³-hybridized carbons (Fsp3) is 0.600. The quantitative estimate of drug-likeness (QED) is 0.0471. The minimum atomic E-state index is -2.81. The summed E-state index contributed by atoms with van der Waals surface area (Å²) in [4.78, 5) is 31.2. The maximum atomic E-state index is 10.4. The number of aryl methyl sites for hydroxylation is 3. The van der Waals surface area contributed by atoms with Gasteiger partial charge in [-0.2, -0.15) is 0 Å². The zero-order chi connectivity index (χ0) is 41.8. The van der Waals surface area contributed by atoms with Crippen LogP contribution in [0.5, 0.6) is 17.2 Å². The maximum absolute atomic E-state index is 10.4. The van der Waals surface area contributed by atoms with Gasteiger partial charge in [-0.3, -0.25) is 13.6 Å². The summed E-state index contributed by atoms with van der Waals surface area (Å²) in [6.45, 7) is 6.70. The topological polar surface area (TPSA) is 148 Å². The molecule has 0 bridgehead atoms. The zero-order valence-corrected chi connectivity index (χ0v) is 39.3. The first-order chi connectivity index (χ1) is 27.7. The molecule has 1 radical (unpaired) electrons. The predicted molar refractivity (Wildman–Crippen MR) is 229 cm³/mol. The largest absolute Gasteiger partial charge is 3.00 e. The molecule has 0 saturated carbocycles. The summed E-state index contributed by atoms with van der Waals surface area (Å²) in [5.74, 6) is 1.17. The van der Waals surface area contributed by atoms with E-state index in [2.05, 4.69) is 34.3 Å². The molecule has 0 aliphatic carbocycles. The average molecular weight is 899 g/mol. The summed E-state index contributed by atoms with van der Waals surface area (Å²) in [7, 11) is -8.42. The number of hydrogen-bond donors (Lipinski definition) is 0. The van der Waals surface area contributed by atoms with Gasteiger partial charge in [0.2, 0.25) is 0 Å². The van der Waals surface area contributed by atoms with Gasteiger partial charge < -0.3 is 14.7 Å². The molecule has 3 aromatic rings. The fourth-order valence-corrected chi connectivity index (χ4v) is 7.15. The number of hydrogen-bond acceptors (Lipinski definition) is 9. The Labute approximate surface area is 364 Å². The van der Waals surface area contributed by atoms with E-state index < -0.39 is 24.8 Å². The van der Waals surface area contributed by atoms with Crippen molar-refractivity contribution in [1.29, 1.82) is 0 Å². The van der Waals surface area contributed by atoms with Crippen molar-refractivity contribution >= 4 is 24.8 Å². The second kappa shape index (κ2) is 38.9. The second-order valence-electron chi connectivity index (χ2n) is 14.5. The Morgan fingerprint density at radius 3 is 0.724 bits per heavy atom. The van der Waals surface area contributed by atoms with E-state index in [1.54, 1.807) is 36.4 Å². The standard InChI is InChI=1S/3C15H23O3P.Cr/c3*1-2-3-4-5-6-7-8-9-14-10-12-15(13-11-14)18-19(16)17;/h3*10-13H,2-9H2,1H3;/q;;;+3. The molecule has 0 saturated heterocycles. The fourth-order valence-electron chi connectivity index (χ4n) is 6.27. The molecule has 0 aliphatic heterocycles. The molecule has 13 heteroatoms. The van der Waals surface area contributed by atoms with Crippen molar-refractivity contribution < 1.29 is 59.3 Å². The van der Waals surface area contributed by atoms with Crippen LogP contribution in [0.4, 0.5) is 0 Å². The van der Waals surface area contributed by atoms with Crippen molar-refractivity contribution in [1.82, 2.24) is 0 Å². The molecule has 58 heavy (non-hydrogen) atoms. The Kier molecular flexibility index (Phi) is 37.4. The zero-order valence-electron chi connectivity index (χ0n) is 35.3. The molecule has 0 amide bonds. The number of rotatable bonds is 30. The summed E-state index contributed by atoms with van der Waals surface area (Å²) in [5, 5.41) is 0. The predicted octanol–water partition coefficient (Wildman–Crippen LogP) is 13.1. The van der Waals surface area contributed by atoms with Gasteiger partial charge in [0.15, 0.2) is 17.2 Å². The molecular formula is C45H69CrO9P3+3. The van der Waals surface area contributed by atoms with Gasteiger partial charge in [0.05, 0.1) is 0 Å². The van der Waals surface area contributed by atoms with Crippen molar-refractivity contribution in [3.05, 3.63) is 89.5 Å². The van der Waals surface area contributed by atoms with Gasteiger partial charge in [-0.05, 0) is 105 Å². The van der Waals surface area contributed by atoms with E-state index in [1.165, 1.54) is 152 Å². The van der Waals surface area contributed by atoms with Crippen LogP contribution in [0.25, 0.3) is 0 Å². The van der Waals surface area contributed by atoms with Gasteiger partial charge in [0, 0.05) is 0 Å². The maximum Gasteiger partial charge on any atom is 3.00 e. The molecule has 0 N–H and O–H groups in total. The molecule has 3 unspecified atom stereocenters. The van der Waals surface area contributed by atoms with E-state index in [0.717, 1.165) is 19.3 Å². The normalized spacial score (nSPS) is 11.2. The Morgan fingerprint density at radius 1 is 0.345 bits per heavy atom. The average Bonchev–Trinajstić information content (AvgIpc) is 3.19. The first-order valence-electron chi connectivity index (χ1n) is 21.4. The van der Waals surface area contributed by atoms with Gasteiger partial charge >= 0.3 is 42.1 Å². The van der Waals surface area contributed by atoms with Gasteiger partial charge in [-0.25, -0.2) is 0 Å². The summed E-state index contributed by atoms with van der Waals surface area (Å²) < 4.78 is 45.0. The molecule has 0 aliphatic rings. The first kappa shape index (κ1) is 55.8. The van der Waals surface area contributed by atoms with Crippen LogP contribution in [0, 0.1) is 0 Å². The molecule has 0 spiro atoms. The van der Waals surface area contributed by atoms with Gasteiger partial charge in [-0.15, -0.1) is 0 Å². The third-order valence-electron chi connectivity index (χ3n) is 9.52. The second-order valence-corrected chi connectivity index (χ2v) is 16.4. The van der Waals surface area contributed by atoms with Crippen LogP contribution in [0.15, 0.2) is 72.8 Å². The van der Waals surface area contributed by atoms with E-state index in [1.807, 2.05) is 36.4 Å². The van der Waals surface area contributed by atoms with Gasteiger partial charge in [0.25, 0.3) is 0 Å². The van der Waals surface area contributed by atoms with Gasteiger partial charge in [0.1, 0.15) is 0 Å². The van der Waals surface area contributed by atoms with Crippen LogP contribution >= 0.6 is 24.8 Å². The Hall–Kier alpha value is -2.23. The summed E-state index contributed by atoms with van der Waals surface area (Å²) in [5.41, 5.74) is 3.71. The van der Waals surface area contributed by atoms with Crippen molar-refractivity contribution in [3.63, 3.8) is 0 Å². The third-order valence-corrected chi connectivity index (χ3v) is 10.6. The molecule has 0 fully saturated rings. The van der Waals surface area contributed by atoms with Crippen molar-refractivity contribution in [2.75, 3.05) is 0 Å². The van der Waals surface area contributed by atoms with Crippen LogP contribution < -0.4 is 28.3 Å². The van der Waals surface area contributed by atoms with E-state index in [-0.39, 0.29) is 17.4 Å². The van der Waals surface area contributed by atoms with Crippen molar-refractivity contribution in [2.24, 2.45) is 0 Å². The summed E-state index contributed by atoms with van der Waals surface area (Å²) >= 11 is 0.